The third kappa shape index (κ3) is 6.89. The number of nitrogens with one attached hydrogen (secondary N) is 1. The van der Waals surface area contributed by atoms with E-state index in [2.05, 4.69) is 0 Å². The number of hydrogen-bond acceptors (Lipinski definition) is 5. The molecule has 6 nitrogen and oxygen atoms in total. The van der Waals surface area contributed by atoms with Gasteiger partial charge in [-0.2, -0.15) is 0 Å². The Morgan fingerprint density at radius 2 is 1.71 bits per heavy atom. The molecule has 0 bridgehead atoms. The molecule has 1 rings (SSSR count). The van der Waals surface area contributed by atoms with E-state index >= 15 is 0 Å². The molecule has 0 aliphatic heterocycles. The SMILES string of the molecule is CC(C)(C)OC(=O)NS(=O)(=O)CCC(=O)c1ccccc1. The lowest BCUT2D eigenvalue weighted by atomic mass is 10.1. The van der Waals surface area contributed by atoms with E-state index < -0.39 is 27.5 Å². The highest BCUT2D eigenvalue weighted by Gasteiger charge is 2.22. The molecule has 116 valence electrons. The molecule has 1 N–H and O–H groups in total. The van der Waals surface area contributed by atoms with Crippen molar-refractivity contribution in [2.45, 2.75) is 32.8 Å². The van der Waals surface area contributed by atoms with E-state index in [-0.39, 0.29) is 12.2 Å². The van der Waals surface area contributed by atoms with Crippen LogP contribution in [-0.4, -0.2) is 31.6 Å². The first-order valence-electron chi connectivity index (χ1n) is 6.41. The van der Waals surface area contributed by atoms with Gasteiger partial charge in [-0.05, 0) is 20.8 Å². The molecule has 1 aromatic rings. The number of carbonyl (C=O) groups excluding carboxylic acids is 2. The number of rotatable bonds is 5. The van der Waals surface area contributed by atoms with Crippen LogP contribution in [-0.2, 0) is 14.8 Å². The zero-order valence-corrected chi connectivity index (χ0v) is 13.1. The van der Waals surface area contributed by atoms with E-state index in [0.29, 0.717) is 5.56 Å². The van der Waals surface area contributed by atoms with Crippen molar-refractivity contribution in [3.8, 4) is 0 Å². The van der Waals surface area contributed by atoms with Gasteiger partial charge in [0.2, 0.25) is 10.0 Å². The fraction of sp³-hybridized carbons (Fsp3) is 0.429. The predicted molar refractivity (Wildman–Crippen MR) is 78.5 cm³/mol. The lowest BCUT2D eigenvalue weighted by Gasteiger charge is -2.19. The largest absolute Gasteiger partial charge is 0.443 e. The van der Waals surface area contributed by atoms with Gasteiger partial charge in [0.05, 0.1) is 5.75 Å². The van der Waals surface area contributed by atoms with Crippen LogP contribution in [0.5, 0.6) is 0 Å². The Kier molecular flexibility index (Phi) is 5.48. The summed E-state index contributed by atoms with van der Waals surface area (Å²) in [5.41, 5.74) is -0.357. The summed E-state index contributed by atoms with van der Waals surface area (Å²) < 4.78 is 30.0. The van der Waals surface area contributed by atoms with Crippen LogP contribution in [0.15, 0.2) is 30.3 Å². The van der Waals surface area contributed by atoms with E-state index in [1.807, 2.05) is 0 Å². The molecular formula is C14H19NO5S. The van der Waals surface area contributed by atoms with E-state index in [9.17, 15) is 18.0 Å². The van der Waals surface area contributed by atoms with Gasteiger partial charge in [-0.3, -0.25) is 4.79 Å². The maximum absolute atomic E-state index is 11.8. The first-order chi connectivity index (χ1) is 9.59. The summed E-state index contributed by atoms with van der Waals surface area (Å²) in [7, 11) is -3.90. The smallest absolute Gasteiger partial charge is 0.421 e. The summed E-state index contributed by atoms with van der Waals surface area (Å²) in [6, 6.07) is 8.37. The van der Waals surface area contributed by atoms with Gasteiger partial charge in [0, 0.05) is 12.0 Å². The summed E-state index contributed by atoms with van der Waals surface area (Å²) in [4.78, 5) is 23.2. The van der Waals surface area contributed by atoms with Crippen molar-refractivity contribution >= 4 is 21.9 Å². The van der Waals surface area contributed by atoms with Crippen LogP contribution in [0.4, 0.5) is 4.79 Å². The Hall–Kier alpha value is -1.89. The minimum Gasteiger partial charge on any atom is -0.443 e. The molecule has 0 fully saturated rings. The minimum atomic E-state index is -3.90. The van der Waals surface area contributed by atoms with Crippen molar-refractivity contribution in [2.24, 2.45) is 0 Å². The third-order valence-electron chi connectivity index (χ3n) is 2.33. The van der Waals surface area contributed by atoms with Crippen LogP contribution in [0, 0.1) is 0 Å². The number of ether oxygens (including phenoxy) is 1. The lowest BCUT2D eigenvalue weighted by Crippen LogP contribution is -2.37. The molecule has 0 unspecified atom stereocenters. The van der Waals surface area contributed by atoms with Gasteiger partial charge in [-0.15, -0.1) is 0 Å². The van der Waals surface area contributed by atoms with Crippen molar-refractivity contribution < 1.29 is 22.7 Å². The number of sulfonamides is 1. The Labute approximate surface area is 124 Å². The average Bonchev–Trinajstić information content (AvgIpc) is 2.34. The molecule has 0 saturated heterocycles. The first kappa shape index (κ1) is 17.2. The highest BCUT2D eigenvalue weighted by atomic mass is 32.2. The Bertz CT molecular complexity index is 602. The summed E-state index contributed by atoms with van der Waals surface area (Å²) in [5, 5.41) is 0. The molecule has 0 radical (unpaired) electrons. The van der Waals surface area contributed by atoms with Gasteiger partial charge in [-0.1, -0.05) is 30.3 Å². The molecule has 0 aromatic heterocycles. The van der Waals surface area contributed by atoms with Gasteiger partial charge in [0.1, 0.15) is 5.60 Å². The normalized spacial score (nSPS) is 11.8. The van der Waals surface area contributed by atoms with Gasteiger partial charge in [0.15, 0.2) is 5.78 Å². The van der Waals surface area contributed by atoms with E-state index in [0.717, 1.165) is 0 Å². The van der Waals surface area contributed by atoms with E-state index in [1.165, 1.54) is 0 Å². The van der Waals surface area contributed by atoms with E-state index in [1.54, 1.807) is 55.8 Å². The van der Waals surface area contributed by atoms with Crippen LogP contribution in [0.25, 0.3) is 0 Å². The minimum absolute atomic E-state index is 0.206. The van der Waals surface area contributed by atoms with Gasteiger partial charge >= 0.3 is 6.09 Å². The predicted octanol–water partition coefficient (Wildman–Crippen LogP) is 2.11. The lowest BCUT2D eigenvalue weighted by molar-refractivity contribution is 0.0569. The number of carbonyl (C=O) groups is 2. The quantitative estimate of drug-likeness (QED) is 0.841. The van der Waals surface area contributed by atoms with Crippen molar-refractivity contribution in [1.82, 2.24) is 4.72 Å². The Morgan fingerprint density at radius 3 is 2.24 bits per heavy atom. The van der Waals surface area contributed by atoms with Crippen molar-refractivity contribution in [3.05, 3.63) is 35.9 Å². The highest BCUT2D eigenvalue weighted by Crippen LogP contribution is 2.08. The van der Waals surface area contributed by atoms with Crippen molar-refractivity contribution in [2.75, 3.05) is 5.75 Å². The maximum atomic E-state index is 11.8. The van der Waals surface area contributed by atoms with Crippen LogP contribution in [0.1, 0.15) is 37.6 Å². The number of benzene rings is 1. The van der Waals surface area contributed by atoms with Gasteiger partial charge < -0.3 is 4.74 Å². The monoisotopic (exact) mass is 313 g/mol. The topological polar surface area (TPSA) is 89.5 Å². The second kappa shape index (κ2) is 6.71. The molecule has 0 saturated carbocycles. The van der Waals surface area contributed by atoms with Gasteiger partial charge in [0.25, 0.3) is 0 Å². The number of amides is 1. The number of Topliss-reactive ketones (excluding diaryl/α,β-unsaturated/α-hetero) is 1. The molecular weight excluding hydrogens is 294 g/mol. The maximum Gasteiger partial charge on any atom is 0.421 e. The van der Waals surface area contributed by atoms with E-state index in [4.69, 9.17) is 4.74 Å². The zero-order valence-electron chi connectivity index (χ0n) is 12.3. The summed E-state index contributed by atoms with van der Waals surface area (Å²) in [5.74, 6) is -0.773. The molecule has 0 spiro atoms. The fourth-order valence-corrected chi connectivity index (χ4v) is 2.32. The molecule has 0 aliphatic rings. The molecule has 0 atom stereocenters. The summed E-state index contributed by atoms with van der Waals surface area (Å²) in [6.07, 6.45) is -1.25. The van der Waals surface area contributed by atoms with Crippen LogP contribution in [0.3, 0.4) is 0 Å². The number of ketones is 1. The summed E-state index contributed by atoms with van der Waals surface area (Å²) in [6.45, 7) is 4.87. The second-order valence-electron chi connectivity index (χ2n) is 5.46. The average molecular weight is 313 g/mol. The van der Waals surface area contributed by atoms with Gasteiger partial charge in [-0.25, -0.2) is 17.9 Å². The zero-order chi connectivity index (χ0) is 16.1. The molecule has 7 heteroatoms. The Balaban J connectivity index is 2.54. The molecule has 0 aliphatic carbocycles. The molecule has 1 amide bonds. The second-order valence-corrected chi connectivity index (χ2v) is 7.30. The first-order valence-corrected chi connectivity index (χ1v) is 8.06. The van der Waals surface area contributed by atoms with Crippen LogP contribution < -0.4 is 4.72 Å². The molecule has 0 heterocycles. The van der Waals surface area contributed by atoms with Crippen LogP contribution >= 0.6 is 0 Å². The standard InChI is InChI=1S/C14H19NO5S/c1-14(2,3)20-13(17)15-21(18,19)10-9-12(16)11-7-5-4-6-8-11/h4-8H,9-10H2,1-3H3,(H,15,17). The van der Waals surface area contributed by atoms with Crippen molar-refractivity contribution in [1.29, 1.82) is 0 Å². The fourth-order valence-electron chi connectivity index (χ4n) is 1.47. The summed E-state index contributed by atoms with van der Waals surface area (Å²) >= 11 is 0. The van der Waals surface area contributed by atoms with Crippen LogP contribution in [0.2, 0.25) is 0 Å². The molecule has 1 aromatic carbocycles. The third-order valence-corrected chi connectivity index (χ3v) is 3.55. The highest BCUT2D eigenvalue weighted by molar-refractivity contribution is 7.90. The number of hydrogen-bond donors (Lipinski definition) is 1. The molecule has 21 heavy (non-hydrogen) atoms. The van der Waals surface area contributed by atoms with Crippen molar-refractivity contribution in [3.63, 3.8) is 0 Å². The Morgan fingerprint density at radius 1 is 1.14 bits per heavy atom.